The monoisotopic (exact) mass is 347 g/mol. The van der Waals surface area contributed by atoms with Gasteiger partial charge in [-0.1, -0.05) is 53.9 Å². The molecule has 1 saturated carbocycles. The van der Waals surface area contributed by atoms with E-state index in [0.29, 0.717) is 16.6 Å². The third-order valence-corrected chi connectivity index (χ3v) is 5.20. The van der Waals surface area contributed by atoms with Crippen LogP contribution in [0, 0.1) is 0 Å². The van der Waals surface area contributed by atoms with Crippen molar-refractivity contribution in [1.29, 1.82) is 0 Å². The molecule has 0 atom stereocenters. The number of halogens is 2. The Balaban J connectivity index is 1.79. The minimum atomic E-state index is -0.383. The molecule has 0 aromatic heterocycles. The van der Waals surface area contributed by atoms with Gasteiger partial charge in [-0.25, -0.2) is 0 Å². The third-order valence-electron chi connectivity index (χ3n) is 4.69. The molecule has 0 saturated heterocycles. The van der Waals surface area contributed by atoms with Crippen molar-refractivity contribution in [1.82, 2.24) is 4.90 Å². The van der Waals surface area contributed by atoms with Crippen LogP contribution in [0.25, 0.3) is 0 Å². The summed E-state index contributed by atoms with van der Waals surface area (Å²) in [6, 6.07) is 15.3. The van der Waals surface area contributed by atoms with E-state index >= 15 is 0 Å². The Morgan fingerprint density at radius 2 is 1.52 bits per heavy atom. The molecule has 0 N–H and O–H groups in total. The molecule has 0 heterocycles. The summed E-state index contributed by atoms with van der Waals surface area (Å²) >= 11 is 11.9. The van der Waals surface area contributed by atoms with Crippen LogP contribution in [0.3, 0.4) is 0 Å². The number of carbonyl (C=O) groups excluding carboxylic acids is 1. The molecule has 1 aliphatic carbocycles. The lowest BCUT2D eigenvalue weighted by molar-refractivity contribution is -0.140. The lowest BCUT2D eigenvalue weighted by atomic mass is 9.63. The van der Waals surface area contributed by atoms with Gasteiger partial charge in [-0.2, -0.15) is 0 Å². The Hall–Kier alpha value is -1.51. The lowest BCUT2D eigenvalue weighted by Crippen LogP contribution is -2.49. The van der Waals surface area contributed by atoms with Gasteiger partial charge in [-0.15, -0.1) is 0 Å². The number of likely N-dealkylation sites (N-methyl/N-ethyl adjacent to an activating group) is 1. The van der Waals surface area contributed by atoms with Gasteiger partial charge in [0.2, 0.25) is 5.91 Å². The SMILES string of the molecule is CN(Cc1ccc(Cl)cc1)C(=O)C1(c2ccc(Cl)cc2)CCC1. The highest BCUT2D eigenvalue weighted by atomic mass is 35.5. The van der Waals surface area contributed by atoms with Crippen LogP contribution in [0.15, 0.2) is 48.5 Å². The second kappa shape index (κ2) is 6.54. The smallest absolute Gasteiger partial charge is 0.233 e. The van der Waals surface area contributed by atoms with Gasteiger partial charge in [0.05, 0.1) is 5.41 Å². The van der Waals surface area contributed by atoms with Crippen molar-refractivity contribution in [2.24, 2.45) is 0 Å². The van der Waals surface area contributed by atoms with Crippen molar-refractivity contribution in [3.05, 3.63) is 69.7 Å². The van der Waals surface area contributed by atoms with Crippen LogP contribution in [-0.2, 0) is 16.8 Å². The van der Waals surface area contributed by atoms with Crippen molar-refractivity contribution in [2.45, 2.75) is 31.2 Å². The van der Waals surface area contributed by atoms with Crippen LogP contribution in [0.4, 0.5) is 0 Å². The molecule has 1 fully saturated rings. The molecule has 23 heavy (non-hydrogen) atoms. The topological polar surface area (TPSA) is 20.3 Å². The molecule has 2 nitrogen and oxygen atoms in total. The summed E-state index contributed by atoms with van der Waals surface area (Å²) in [5.74, 6) is 0.182. The average molecular weight is 348 g/mol. The van der Waals surface area contributed by atoms with E-state index in [1.54, 1.807) is 0 Å². The number of rotatable bonds is 4. The molecule has 2 aromatic carbocycles. The van der Waals surface area contributed by atoms with E-state index in [4.69, 9.17) is 23.2 Å². The van der Waals surface area contributed by atoms with E-state index in [-0.39, 0.29) is 11.3 Å². The molecule has 120 valence electrons. The van der Waals surface area contributed by atoms with E-state index in [2.05, 4.69) is 0 Å². The summed E-state index contributed by atoms with van der Waals surface area (Å²) in [4.78, 5) is 14.9. The molecule has 2 aromatic rings. The fourth-order valence-corrected chi connectivity index (χ4v) is 3.48. The molecular formula is C19H19Cl2NO. The minimum absolute atomic E-state index is 0.182. The zero-order chi connectivity index (χ0) is 16.4. The van der Waals surface area contributed by atoms with Crippen LogP contribution in [-0.4, -0.2) is 17.9 Å². The average Bonchev–Trinajstić information content (AvgIpc) is 2.50. The molecule has 0 aliphatic heterocycles. The van der Waals surface area contributed by atoms with Gasteiger partial charge in [-0.05, 0) is 48.2 Å². The predicted molar refractivity (Wildman–Crippen MR) is 94.9 cm³/mol. The van der Waals surface area contributed by atoms with Gasteiger partial charge in [0, 0.05) is 23.6 Å². The molecule has 0 spiro atoms. The van der Waals surface area contributed by atoms with Gasteiger partial charge in [0.15, 0.2) is 0 Å². The Kier molecular flexibility index (Phi) is 4.65. The molecular weight excluding hydrogens is 329 g/mol. The molecule has 1 aliphatic rings. The fraction of sp³-hybridized carbons (Fsp3) is 0.316. The molecule has 1 amide bonds. The first kappa shape index (κ1) is 16.4. The van der Waals surface area contributed by atoms with E-state index in [1.165, 1.54) is 0 Å². The highest BCUT2D eigenvalue weighted by molar-refractivity contribution is 6.30. The summed E-state index contributed by atoms with van der Waals surface area (Å²) in [6.45, 7) is 0.589. The maximum absolute atomic E-state index is 13.1. The Labute approximate surface area is 147 Å². The number of carbonyl (C=O) groups is 1. The van der Waals surface area contributed by atoms with Crippen molar-refractivity contribution in [2.75, 3.05) is 7.05 Å². The van der Waals surface area contributed by atoms with Crippen LogP contribution < -0.4 is 0 Å². The quantitative estimate of drug-likeness (QED) is 0.755. The number of amides is 1. The van der Waals surface area contributed by atoms with E-state index in [9.17, 15) is 4.79 Å². The van der Waals surface area contributed by atoms with Gasteiger partial charge in [0.25, 0.3) is 0 Å². The van der Waals surface area contributed by atoms with Crippen LogP contribution in [0.1, 0.15) is 30.4 Å². The Morgan fingerprint density at radius 3 is 2.00 bits per heavy atom. The Morgan fingerprint density at radius 1 is 1.00 bits per heavy atom. The molecule has 0 unspecified atom stereocenters. The first-order chi connectivity index (χ1) is 11.0. The predicted octanol–water partition coefficient (Wildman–Crippen LogP) is 5.07. The van der Waals surface area contributed by atoms with E-state index in [0.717, 1.165) is 30.4 Å². The number of hydrogen-bond donors (Lipinski definition) is 0. The normalized spacial score (nSPS) is 15.8. The highest BCUT2D eigenvalue weighted by Crippen LogP contribution is 2.45. The fourth-order valence-electron chi connectivity index (χ4n) is 3.23. The van der Waals surface area contributed by atoms with Gasteiger partial charge < -0.3 is 4.90 Å². The summed E-state index contributed by atoms with van der Waals surface area (Å²) in [7, 11) is 1.87. The van der Waals surface area contributed by atoms with Gasteiger partial charge in [0.1, 0.15) is 0 Å². The second-order valence-corrected chi connectivity index (χ2v) is 7.10. The maximum Gasteiger partial charge on any atom is 0.233 e. The molecule has 0 bridgehead atoms. The second-order valence-electron chi connectivity index (χ2n) is 6.23. The maximum atomic E-state index is 13.1. The summed E-state index contributed by atoms with van der Waals surface area (Å²) in [5.41, 5.74) is 1.77. The van der Waals surface area contributed by atoms with Crippen molar-refractivity contribution < 1.29 is 4.79 Å². The largest absolute Gasteiger partial charge is 0.341 e. The highest BCUT2D eigenvalue weighted by Gasteiger charge is 2.46. The zero-order valence-electron chi connectivity index (χ0n) is 13.1. The molecule has 0 radical (unpaired) electrons. The molecule has 3 rings (SSSR count). The third kappa shape index (κ3) is 3.24. The van der Waals surface area contributed by atoms with Gasteiger partial charge in [-0.3, -0.25) is 4.79 Å². The lowest BCUT2D eigenvalue weighted by Gasteiger charge is -2.43. The summed E-state index contributed by atoms with van der Waals surface area (Å²) in [5, 5.41) is 1.41. The summed E-state index contributed by atoms with van der Waals surface area (Å²) in [6.07, 6.45) is 2.89. The van der Waals surface area contributed by atoms with E-state index in [1.807, 2.05) is 60.5 Å². The number of hydrogen-bond acceptors (Lipinski definition) is 1. The molecule has 4 heteroatoms. The Bertz CT molecular complexity index is 690. The number of benzene rings is 2. The standard InChI is InChI=1S/C19H19Cl2NO/c1-22(13-14-3-7-16(20)8-4-14)18(23)19(11-2-12-19)15-5-9-17(21)10-6-15/h3-10H,2,11-13H2,1H3. The van der Waals surface area contributed by atoms with Crippen molar-refractivity contribution in [3.8, 4) is 0 Å². The van der Waals surface area contributed by atoms with Crippen molar-refractivity contribution in [3.63, 3.8) is 0 Å². The first-order valence-corrected chi connectivity index (χ1v) is 8.53. The van der Waals surface area contributed by atoms with Crippen molar-refractivity contribution >= 4 is 29.1 Å². The van der Waals surface area contributed by atoms with Gasteiger partial charge >= 0.3 is 0 Å². The van der Waals surface area contributed by atoms with Crippen LogP contribution in [0.5, 0.6) is 0 Å². The minimum Gasteiger partial charge on any atom is -0.341 e. The van der Waals surface area contributed by atoms with Crippen LogP contribution >= 0.6 is 23.2 Å². The number of nitrogens with zero attached hydrogens (tertiary/aromatic N) is 1. The van der Waals surface area contributed by atoms with E-state index < -0.39 is 0 Å². The van der Waals surface area contributed by atoms with Crippen LogP contribution in [0.2, 0.25) is 10.0 Å². The summed E-state index contributed by atoms with van der Waals surface area (Å²) < 4.78 is 0. The first-order valence-electron chi connectivity index (χ1n) is 7.77. The zero-order valence-corrected chi connectivity index (χ0v) is 14.6.